The summed E-state index contributed by atoms with van der Waals surface area (Å²) in [5.74, 6) is 0.0503. The maximum absolute atomic E-state index is 13.0. The zero-order valence-electron chi connectivity index (χ0n) is 11.7. The molecule has 1 aromatic rings. The zero-order valence-corrected chi connectivity index (χ0v) is 11.7. The second-order valence-corrected chi connectivity index (χ2v) is 5.49. The fourth-order valence-corrected chi connectivity index (χ4v) is 2.45. The summed E-state index contributed by atoms with van der Waals surface area (Å²) in [6.45, 7) is 1.48. The third kappa shape index (κ3) is 3.89. The van der Waals surface area contributed by atoms with Crippen molar-refractivity contribution in [1.82, 2.24) is 5.32 Å². The van der Waals surface area contributed by atoms with Gasteiger partial charge >= 0.3 is 0 Å². The van der Waals surface area contributed by atoms with Gasteiger partial charge in [0.15, 0.2) is 0 Å². The Hall–Kier alpha value is -1.71. The number of halogens is 1. The predicted octanol–water partition coefficient (Wildman–Crippen LogP) is 3.15. The number of carbonyl (C=O) groups excluding carboxylic acids is 2. The highest BCUT2D eigenvalue weighted by Gasteiger charge is 2.29. The summed E-state index contributed by atoms with van der Waals surface area (Å²) in [5, 5.41) is 3.00. The molecule has 0 aromatic heterocycles. The predicted molar refractivity (Wildman–Crippen MR) is 74.5 cm³/mol. The molecule has 1 aromatic carbocycles. The molecule has 1 amide bonds. The summed E-state index contributed by atoms with van der Waals surface area (Å²) in [7, 11) is 0. The molecule has 1 saturated carbocycles. The molecule has 2 rings (SSSR count). The van der Waals surface area contributed by atoms with Crippen molar-refractivity contribution in [3.63, 3.8) is 0 Å². The molecule has 1 aliphatic rings. The van der Waals surface area contributed by atoms with Crippen LogP contribution >= 0.6 is 0 Å². The fourth-order valence-electron chi connectivity index (χ4n) is 2.45. The quantitative estimate of drug-likeness (QED) is 0.868. The molecule has 1 atom stereocenters. The number of rotatable bonds is 6. The number of benzene rings is 1. The number of amides is 1. The highest BCUT2D eigenvalue weighted by Crippen LogP contribution is 2.37. The van der Waals surface area contributed by atoms with Gasteiger partial charge in [-0.05, 0) is 43.4 Å². The molecule has 0 saturated heterocycles. The molecule has 1 N–H and O–H groups in total. The van der Waals surface area contributed by atoms with E-state index in [1.165, 1.54) is 25.5 Å². The Labute approximate surface area is 118 Å². The van der Waals surface area contributed by atoms with Crippen molar-refractivity contribution >= 4 is 11.7 Å². The molecule has 20 heavy (non-hydrogen) atoms. The third-order valence-corrected chi connectivity index (χ3v) is 3.87. The van der Waals surface area contributed by atoms with E-state index in [0.717, 1.165) is 18.4 Å². The lowest BCUT2D eigenvalue weighted by Gasteiger charge is -2.34. The third-order valence-electron chi connectivity index (χ3n) is 3.87. The van der Waals surface area contributed by atoms with Gasteiger partial charge in [0.05, 0.1) is 6.04 Å². The summed E-state index contributed by atoms with van der Waals surface area (Å²) in [4.78, 5) is 22.8. The molecular formula is C16H20FNO2. The van der Waals surface area contributed by atoms with Crippen molar-refractivity contribution in [2.45, 2.75) is 45.1 Å². The Morgan fingerprint density at radius 1 is 1.25 bits per heavy atom. The van der Waals surface area contributed by atoms with Gasteiger partial charge in [-0.3, -0.25) is 4.79 Å². The minimum Gasteiger partial charge on any atom is -0.349 e. The van der Waals surface area contributed by atoms with Crippen LogP contribution in [0.3, 0.4) is 0 Å². The summed E-state index contributed by atoms with van der Waals surface area (Å²) in [6.07, 6.45) is 3.82. The van der Waals surface area contributed by atoms with Gasteiger partial charge in [0.25, 0.3) is 0 Å². The van der Waals surface area contributed by atoms with Crippen molar-refractivity contribution in [3.05, 3.63) is 35.6 Å². The maximum atomic E-state index is 13.0. The normalized spacial score (nSPS) is 16.3. The molecule has 0 radical (unpaired) electrons. The number of nitrogens with one attached hydrogen (secondary N) is 1. The van der Waals surface area contributed by atoms with Crippen molar-refractivity contribution in [2.24, 2.45) is 5.92 Å². The molecule has 4 heteroatoms. The van der Waals surface area contributed by atoms with Gasteiger partial charge in [0.1, 0.15) is 11.6 Å². The zero-order chi connectivity index (χ0) is 14.5. The minimum absolute atomic E-state index is 0.0159. The molecule has 0 spiro atoms. The van der Waals surface area contributed by atoms with Gasteiger partial charge in [-0.25, -0.2) is 4.39 Å². The molecule has 3 nitrogen and oxygen atoms in total. The van der Waals surface area contributed by atoms with Crippen molar-refractivity contribution in [3.8, 4) is 0 Å². The molecular weight excluding hydrogens is 257 g/mol. The van der Waals surface area contributed by atoms with Crippen LogP contribution in [0.5, 0.6) is 0 Å². The first-order valence-electron chi connectivity index (χ1n) is 7.10. The van der Waals surface area contributed by atoms with Crippen LogP contribution in [0.15, 0.2) is 24.3 Å². The first-order valence-corrected chi connectivity index (χ1v) is 7.10. The lowest BCUT2D eigenvalue weighted by atomic mass is 9.77. The van der Waals surface area contributed by atoms with E-state index in [0.29, 0.717) is 5.92 Å². The summed E-state index contributed by atoms with van der Waals surface area (Å²) in [5.41, 5.74) is 0.937. The van der Waals surface area contributed by atoms with E-state index in [1.54, 1.807) is 12.1 Å². The summed E-state index contributed by atoms with van der Waals surface area (Å²) in [6, 6.07) is 6.22. The summed E-state index contributed by atoms with van der Waals surface area (Å²) < 4.78 is 13.0. The molecule has 108 valence electrons. The Balaban J connectivity index is 2.02. The number of ketones is 1. The SMILES string of the molecule is CC(=O)CCC(=O)N[C@H](c1ccc(F)cc1)C1CCC1. The van der Waals surface area contributed by atoms with Crippen LogP contribution < -0.4 is 5.32 Å². The van der Waals surface area contributed by atoms with E-state index in [4.69, 9.17) is 0 Å². The number of hydrogen-bond acceptors (Lipinski definition) is 2. The summed E-state index contributed by atoms with van der Waals surface area (Å²) >= 11 is 0. The maximum Gasteiger partial charge on any atom is 0.220 e. The van der Waals surface area contributed by atoms with Crippen LogP contribution in [0.25, 0.3) is 0 Å². The van der Waals surface area contributed by atoms with Gasteiger partial charge in [0.2, 0.25) is 5.91 Å². The number of Topliss-reactive ketones (excluding diaryl/α,β-unsaturated/α-hetero) is 1. The van der Waals surface area contributed by atoms with Crippen LogP contribution in [0, 0.1) is 11.7 Å². The van der Waals surface area contributed by atoms with Gasteiger partial charge in [-0.15, -0.1) is 0 Å². The molecule has 0 heterocycles. The van der Waals surface area contributed by atoms with Crippen LogP contribution in [0.1, 0.15) is 50.6 Å². The topological polar surface area (TPSA) is 46.2 Å². The van der Waals surface area contributed by atoms with E-state index in [-0.39, 0.29) is 36.4 Å². The van der Waals surface area contributed by atoms with Gasteiger partial charge in [-0.2, -0.15) is 0 Å². The highest BCUT2D eigenvalue weighted by atomic mass is 19.1. The average Bonchev–Trinajstić information content (AvgIpc) is 2.34. The standard InChI is InChI=1S/C16H20FNO2/c1-11(19)5-10-15(20)18-16(12-3-2-4-12)13-6-8-14(17)9-7-13/h6-9,12,16H,2-5,10H2,1H3,(H,18,20)/t16-/m0/s1. The fraction of sp³-hybridized carbons (Fsp3) is 0.500. The molecule has 0 bridgehead atoms. The van der Waals surface area contributed by atoms with Gasteiger partial charge < -0.3 is 10.1 Å². The van der Waals surface area contributed by atoms with E-state index in [1.807, 2.05) is 0 Å². The van der Waals surface area contributed by atoms with Crippen molar-refractivity contribution in [1.29, 1.82) is 0 Å². The minimum atomic E-state index is -0.274. The monoisotopic (exact) mass is 277 g/mol. The Kier molecular flexibility index (Phi) is 4.88. The van der Waals surface area contributed by atoms with E-state index in [2.05, 4.69) is 5.32 Å². The number of hydrogen-bond donors (Lipinski definition) is 1. The van der Waals surface area contributed by atoms with Crippen molar-refractivity contribution < 1.29 is 14.0 Å². The van der Waals surface area contributed by atoms with E-state index in [9.17, 15) is 14.0 Å². The Bertz CT molecular complexity index is 480. The molecule has 0 aliphatic heterocycles. The number of carbonyl (C=O) groups is 2. The average molecular weight is 277 g/mol. The second kappa shape index (κ2) is 6.64. The van der Waals surface area contributed by atoms with Crippen LogP contribution in [-0.2, 0) is 9.59 Å². The Morgan fingerprint density at radius 3 is 2.40 bits per heavy atom. The van der Waals surface area contributed by atoms with Crippen molar-refractivity contribution in [2.75, 3.05) is 0 Å². The van der Waals surface area contributed by atoms with Gasteiger partial charge in [0, 0.05) is 12.8 Å². The molecule has 1 fully saturated rings. The van der Waals surface area contributed by atoms with Crippen LogP contribution in [0.2, 0.25) is 0 Å². The molecule has 0 unspecified atom stereocenters. The lowest BCUT2D eigenvalue weighted by Crippen LogP contribution is -2.36. The van der Waals surface area contributed by atoms with Crippen LogP contribution in [0.4, 0.5) is 4.39 Å². The largest absolute Gasteiger partial charge is 0.349 e. The highest BCUT2D eigenvalue weighted by molar-refractivity contribution is 5.83. The van der Waals surface area contributed by atoms with E-state index < -0.39 is 0 Å². The van der Waals surface area contributed by atoms with Gasteiger partial charge in [-0.1, -0.05) is 18.6 Å². The lowest BCUT2D eigenvalue weighted by molar-refractivity contribution is -0.125. The van der Waals surface area contributed by atoms with Crippen LogP contribution in [-0.4, -0.2) is 11.7 Å². The second-order valence-electron chi connectivity index (χ2n) is 5.49. The first kappa shape index (κ1) is 14.7. The smallest absolute Gasteiger partial charge is 0.220 e. The Morgan fingerprint density at radius 2 is 1.90 bits per heavy atom. The molecule has 1 aliphatic carbocycles. The van der Waals surface area contributed by atoms with E-state index >= 15 is 0 Å². The first-order chi connectivity index (χ1) is 9.56.